The summed E-state index contributed by atoms with van der Waals surface area (Å²) in [4.78, 5) is 16.2. The van der Waals surface area contributed by atoms with E-state index in [1.165, 1.54) is 17.3 Å². The number of benzene rings is 2. The van der Waals surface area contributed by atoms with Gasteiger partial charge in [0, 0.05) is 27.8 Å². The van der Waals surface area contributed by atoms with Gasteiger partial charge in [-0.25, -0.2) is 0 Å². The van der Waals surface area contributed by atoms with E-state index in [9.17, 15) is 4.79 Å². The average molecular weight is 376 g/mol. The molecule has 0 aliphatic rings. The van der Waals surface area contributed by atoms with Crippen molar-refractivity contribution >= 4 is 28.4 Å². The molecule has 4 rings (SSSR count). The van der Waals surface area contributed by atoms with E-state index in [0.29, 0.717) is 5.75 Å². The van der Waals surface area contributed by atoms with Crippen LogP contribution in [0.4, 0.5) is 0 Å². The number of fused-ring (bicyclic) bond motifs is 1. The Morgan fingerprint density at radius 2 is 1.78 bits per heavy atom. The van der Waals surface area contributed by atoms with Gasteiger partial charge >= 0.3 is 0 Å². The molecule has 0 spiro atoms. The van der Waals surface area contributed by atoms with E-state index in [2.05, 4.69) is 34.2 Å². The fraction of sp³-hybridized carbons (Fsp3) is 0.190. The molecule has 2 aromatic carbocycles. The van der Waals surface area contributed by atoms with Crippen molar-refractivity contribution < 1.29 is 4.79 Å². The molecule has 4 aromatic rings. The molecule has 136 valence electrons. The molecule has 0 amide bonds. The minimum atomic E-state index is 0.0889. The normalized spacial score (nSPS) is 11.2. The summed E-state index contributed by atoms with van der Waals surface area (Å²) in [5.41, 5.74) is 4.85. The Morgan fingerprint density at radius 3 is 2.56 bits per heavy atom. The van der Waals surface area contributed by atoms with Gasteiger partial charge in [0.2, 0.25) is 0 Å². The molecule has 1 N–H and O–H groups in total. The van der Waals surface area contributed by atoms with Crippen LogP contribution in [0, 0.1) is 20.8 Å². The van der Waals surface area contributed by atoms with Crippen molar-refractivity contribution in [3.63, 3.8) is 0 Å². The van der Waals surface area contributed by atoms with E-state index in [1.807, 2.05) is 54.8 Å². The Kier molecular flexibility index (Phi) is 4.58. The van der Waals surface area contributed by atoms with Gasteiger partial charge < -0.3 is 4.98 Å². The Hall–Kier alpha value is -2.86. The maximum Gasteiger partial charge on any atom is 0.196 e. The van der Waals surface area contributed by atoms with Gasteiger partial charge in [-0.2, -0.15) is 0 Å². The number of nitrogens with zero attached hydrogens (tertiary/aromatic N) is 3. The minimum absolute atomic E-state index is 0.0889. The molecule has 0 aliphatic carbocycles. The standard InChI is InChI=1S/C21H20N4OS/c1-13-8-10-16(11-9-13)25-15(3)23-24-21(25)27-12-19(26)20-14(2)22-18-7-5-4-6-17(18)20/h4-11,22H,12H2,1-3H3. The lowest BCUT2D eigenvalue weighted by Crippen LogP contribution is -2.06. The topological polar surface area (TPSA) is 63.6 Å². The first-order chi connectivity index (χ1) is 13.0. The third-order valence-electron chi connectivity index (χ3n) is 4.59. The van der Waals surface area contributed by atoms with Crippen LogP contribution in [0.3, 0.4) is 0 Å². The SMILES string of the molecule is Cc1ccc(-n2c(C)nnc2SCC(=O)c2c(C)[nH]c3ccccc23)cc1. The number of H-pyrrole nitrogens is 1. The number of nitrogens with one attached hydrogen (secondary N) is 1. The fourth-order valence-corrected chi connectivity index (χ4v) is 4.14. The molecule has 0 unspecified atom stereocenters. The predicted molar refractivity (Wildman–Crippen MR) is 109 cm³/mol. The molecule has 5 nitrogen and oxygen atoms in total. The van der Waals surface area contributed by atoms with Crippen LogP contribution in [0.2, 0.25) is 0 Å². The number of carbonyl (C=O) groups is 1. The van der Waals surface area contributed by atoms with Gasteiger partial charge in [-0.3, -0.25) is 9.36 Å². The van der Waals surface area contributed by atoms with Crippen molar-refractivity contribution in [3.8, 4) is 5.69 Å². The Bertz CT molecular complexity index is 1130. The van der Waals surface area contributed by atoms with Crippen molar-refractivity contribution in [1.82, 2.24) is 19.7 Å². The Labute approximate surface area is 161 Å². The summed E-state index contributed by atoms with van der Waals surface area (Å²) >= 11 is 1.42. The molecule has 27 heavy (non-hydrogen) atoms. The molecule has 0 fully saturated rings. The molecular formula is C21H20N4OS. The molecule has 0 radical (unpaired) electrons. The number of hydrogen-bond acceptors (Lipinski definition) is 4. The van der Waals surface area contributed by atoms with Crippen molar-refractivity contribution in [2.45, 2.75) is 25.9 Å². The number of aromatic amines is 1. The highest BCUT2D eigenvalue weighted by Gasteiger charge is 2.18. The Balaban J connectivity index is 1.60. The van der Waals surface area contributed by atoms with E-state index in [-0.39, 0.29) is 5.78 Å². The van der Waals surface area contributed by atoms with Crippen molar-refractivity contribution in [3.05, 3.63) is 71.2 Å². The summed E-state index contributed by atoms with van der Waals surface area (Å²) in [6.07, 6.45) is 0. The lowest BCUT2D eigenvalue weighted by Gasteiger charge is -2.08. The highest BCUT2D eigenvalue weighted by molar-refractivity contribution is 7.99. The number of aromatic nitrogens is 4. The summed E-state index contributed by atoms with van der Waals surface area (Å²) < 4.78 is 1.99. The van der Waals surface area contributed by atoms with Crippen LogP contribution in [0.5, 0.6) is 0 Å². The van der Waals surface area contributed by atoms with Gasteiger partial charge in [0.15, 0.2) is 10.9 Å². The molecule has 0 saturated carbocycles. The molecule has 0 atom stereocenters. The molecule has 0 bridgehead atoms. The van der Waals surface area contributed by atoms with Gasteiger partial charge in [-0.15, -0.1) is 10.2 Å². The van der Waals surface area contributed by atoms with Gasteiger partial charge in [-0.1, -0.05) is 47.7 Å². The number of ketones is 1. The Morgan fingerprint density at radius 1 is 1.04 bits per heavy atom. The molecular weight excluding hydrogens is 356 g/mol. The lowest BCUT2D eigenvalue weighted by atomic mass is 10.1. The lowest BCUT2D eigenvalue weighted by molar-refractivity contribution is 0.102. The first kappa shape index (κ1) is 17.5. The second kappa shape index (κ2) is 7.04. The number of Topliss-reactive ketones (excluding diaryl/α,β-unsaturated/α-hetero) is 1. The van der Waals surface area contributed by atoms with E-state index in [0.717, 1.165) is 38.8 Å². The first-order valence-electron chi connectivity index (χ1n) is 8.77. The zero-order chi connectivity index (χ0) is 19.0. The first-order valence-corrected chi connectivity index (χ1v) is 9.75. The van der Waals surface area contributed by atoms with Crippen molar-refractivity contribution in [1.29, 1.82) is 0 Å². The van der Waals surface area contributed by atoms with E-state index in [4.69, 9.17) is 0 Å². The van der Waals surface area contributed by atoms with Gasteiger partial charge in [-0.05, 0) is 39.0 Å². The van der Waals surface area contributed by atoms with Crippen LogP contribution in [0.15, 0.2) is 53.7 Å². The van der Waals surface area contributed by atoms with E-state index >= 15 is 0 Å². The van der Waals surface area contributed by atoms with Gasteiger partial charge in [0.25, 0.3) is 0 Å². The molecule has 6 heteroatoms. The number of hydrogen-bond donors (Lipinski definition) is 1. The molecule has 0 aliphatic heterocycles. The van der Waals surface area contributed by atoms with Crippen molar-refractivity contribution in [2.24, 2.45) is 0 Å². The predicted octanol–water partition coefficient (Wildman–Crippen LogP) is 4.65. The summed E-state index contributed by atoms with van der Waals surface area (Å²) in [5.74, 6) is 1.20. The number of para-hydroxylation sites is 1. The average Bonchev–Trinajstić information content (AvgIpc) is 3.19. The van der Waals surface area contributed by atoms with Crippen LogP contribution in [0.1, 0.15) is 27.4 Å². The zero-order valence-electron chi connectivity index (χ0n) is 15.5. The number of aryl methyl sites for hydroxylation is 3. The summed E-state index contributed by atoms with van der Waals surface area (Å²) in [6, 6.07) is 16.1. The number of rotatable bonds is 5. The summed E-state index contributed by atoms with van der Waals surface area (Å²) in [6.45, 7) is 5.92. The number of thioether (sulfide) groups is 1. The van der Waals surface area contributed by atoms with Crippen LogP contribution < -0.4 is 0 Å². The second-order valence-electron chi connectivity index (χ2n) is 6.58. The maximum atomic E-state index is 12.9. The molecule has 2 aromatic heterocycles. The fourth-order valence-electron chi connectivity index (χ4n) is 3.27. The van der Waals surface area contributed by atoms with Crippen LogP contribution in [-0.2, 0) is 0 Å². The third-order valence-corrected chi connectivity index (χ3v) is 5.52. The van der Waals surface area contributed by atoms with Gasteiger partial charge in [0.05, 0.1) is 5.75 Å². The largest absolute Gasteiger partial charge is 0.358 e. The summed E-state index contributed by atoms with van der Waals surface area (Å²) in [5, 5.41) is 10.2. The highest BCUT2D eigenvalue weighted by atomic mass is 32.2. The minimum Gasteiger partial charge on any atom is -0.358 e. The van der Waals surface area contributed by atoms with E-state index < -0.39 is 0 Å². The molecule has 0 saturated heterocycles. The van der Waals surface area contributed by atoms with Crippen LogP contribution >= 0.6 is 11.8 Å². The van der Waals surface area contributed by atoms with Gasteiger partial charge in [0.1, 0.15) is 5.82 Å². The quantitative estimate of drug-likeness (QED) is 0.407. The van der Waals surface area contributed by atoms with Crippen molar-refractivity contribution in [2.75, 3.05) is 5.75 Å². The van der Waals surface area contributed by atoms with E-state index in [1.54, 1.807) is 0 Å². The highest BCUT2D eigenvalue weighted by Crippen LogP contribution is 2.26. The molecule has 2 heterocycles. The monoisotopic (exact) mass is 376 g/mol. The number of carbonyl (C=O) groups excluding carboxylic acids is 1. The smallest absolute Gasteiger partial charge is 0.196 e. The maximum absolute atomic E-state index is 12.9. The third kappa shape index (κ3) is 3.28. The van der Waals surface area contributed by atoms with Crippen LogP contribution in [0.25, 0.3) is 16.6 Å². The summed E-state index contributed by atoms with van der Waals surface area (Å²) in [7, 11) is 0. The van der Waals surface area contributed by atoms with Crippen LogP contribution in [-0.4, -0.2) is 31.3 Å². The zero-order valence-corrected chi connectivity index (χ0v) is 16.3. The second-order valence-corrected chi connectivity index (χ2v) is 7.53.